The highest BCUT2D eigenvalue weighted by Crippen LogP contribution is 2.20. The number of aliphatic hydroxyl groups excluding tert-OH is 2. The number of rotatable bonds is 4. The van der Waals surface area contributed by atoms with Gasteiger partial charge >= 0.3 is 5.97 Å². The Morgan fingerprint density at radius 3 is 2.29 bits per heavy atom. The number of carbonyl (C=O) groups excluding carboxylic acids is 1. The van der Waals surface area contributed by atoms with Crippen molar-refractivity contribution in [1.29, 1.82) is 0 Å². The predicted molar refractivity (Wildman–Crippen MR) is 59.7 cm³/mol. The van der Waals surface area contributed by atoms with Crippen LogP contribution in [-0.4, -0.2) is 39.4 Å². The number of carbonyl (C=O) groups is 2. The van der Waals surface area contributed by atoms with Crippen LogP contribution in [0.3, 0.4) is 0 Å². The van der Waals surface area contributed by atoms with Crippen LogP contribution in [0, 0.1) is 0 Å². The van der Waals surface area contributed by atoms with E-state index in [1.54, 1.807) is 12.1 Å². The lowest BCUT2D eigenvalue weighted by Gasteiger charge is -2.14. The molecule has 1 aromatic rings. The number of benzene rings is 1. The molecule has 0 aliphatic carbocycles. The van der Waals surface area contributed by atoms with E-state index in [9.17, 15) is 14.7 Å². The zero-order valence-corrected chi connectivity index (χ0v) is 9.26. The van der Waals surface area contributed by atoms with Gasteiger partial charge in [-0.15, -0.1) is 0 Å². The summed E-state index contributed by atoms with van der Waals surface area (Å²) in [5.41, 5.74) is 0.218. The molecule has 2 atom stereocenters. The van der Waals surface area contributed by atoms with E-state index in [0.29, 0.717) is 0 Å². The summed E-state index contributed by atoms with van der Waals surface area (Å²) in [5.74, 6) is -2.74. The molecule has 0 saturated carbocycles. The fourth-order valence-electron chi connectivity index (χ4n) is 1.05. The van der Waals surface area contributed by atoms with Crippen molar-refractivity contribution in [2.45, 2.75) is 12.2 Å². The Bertz CT molecular complexity index is 436. The number of anilines is 1. The van der Waals surface area contributed by atoms with Gasteiger partial charge in [-0.25, -0.2) is 4.79 Å². The zero-order valence-electron chi connectivity index (χ0n) is 8.50. The fraction of sp³-hybridized carbons (Fsp3) is 0.200. The molecule has 0 aliphatic heterocycles. The second-order valence-electron chi connectivity index (χ2n) is 3.20. The molecule has 1 rings (SSSR count). The smallest absolute Gasteiger partial charge is 0.335 e. The van der Waals surface area contributed by atoms with E-state index in [0.717, 1.165) is 0 Å². The number of hydrogen-bond acceptors (Lipinski definition) is 4. The van der Waals surface area contributed by atoms with Crippen molar-refractivity contribution in [2.24, 2.45) is 0 Å². The van der Waals surface area contributed by atoms with Crippen molar-refractivity contribution in [3.05, 3.63) is 29.3 Å². The Hall–Kier alpha value is -1.63. The number of carboxylic acids is 1. The van der Waals surface area contributed by atoms with Gasteiger partial charge in [-0.1, -0.05) is 23.7 Å². The summed E-state index contributed by atoms with van der Waals surface area (Å²) < 4.78 is 0. The summed E-state index contributed by atoms with van der Waals surface area (Å²) in [6.45, 7) is 0. The number of amides is 1. The van der Waals surface area contributed by atoms with Gasteiger partial charge in [0.05, 0.1) is 10.7 Å². The van der Waals surface area contributed by atoms with Gasteiger partial charge in [0, 0.05) is 0 Å². The van der Waals surface area contributed by atoms with Crippen molar-refractivity contribution < 1.29 is 24.9 Å². The molecule has 0 bridgehead atoms. The normalized spacial score (nSPS) is 13.8. The number of nitrogens with one attached hydrogen (secondary N) is 1. The van der Waals surface area contributed by atoms with Crippen LogP contribution in [0.2, 0.25) is 5.02 Å². The van der Waals surface area contributed by atoms with Gasteiger partial charge in [0.2, 0.25) is 0 Å². The maximum atomic E-state index is 11.4. The number of halogens is 1. The van der Waals surface area contributed by atoms with Crippen molar-refractivity contribution in [2.75, 3.05) is 5.32 Å². The highest BCUT2D eigenvalue weighted by Gasteiger charge is 2.30. The van der Waals surface area contributed by atoms with Crippen LogP contribution in [0.15, 0.2) is 24.3 Å². The number of hydrogen-bond donors (Lipinski definition) is 4. The fourth-order valence-corrected chi connectivity index (χ4v) is 1.23. The summed E-state index contributed by atoms with van der Waals surface area (Å²) in [5, 5.41) is 29.0. The van der Waals surface area contributed by atoms with Crippen LogP contribution in [0.25, 0.3) is 0 Å². The highest BCUT2D eigenvalue weighted by atomic mass is 35.5. The quantitative estimate of drug-likeness (QED) is 0.613. The SMILES string of the molecule is O=C(Nc1ccccc1Cl)[C@@H](O)[C@@H](O)C(=O)O. The van der Waals surface area contributed by atoms with Gasteiger partial charge in [0.25, 0.3) is 5.91 Å². The van der Waals surface area contributed by atoms with Gasteiger partial charge in [-0.2, -0.15) is 0 Å². The molecular formula is C10H10ClNO5. The van der Waals surface area contributed by atoms with Crippen molar-refractivity contribution >= 4 is 29.2 Å². The minimum Gasteiger partial charge on any atom is -0.479 e. The molecule has 0 radical (unpaired) electrons. The third-order valence-electron chi connectivity index (χ3n) is 1.95. The second-order valence-corrected chi connectivity index (χ2v) is 3.60. The van der Waals surface area contributed by atoms with Gasteiger partial charge < -0.3 is 20.6 Å². The first-order valence-electron chi connectivity index (χ1n) is 4.58. The van der Waals surface area contributed by atoms with Gasteiger partial charge in [-0.3, -0.25) is 4.79 Å². The number of aliphatic hydroxyl groups is 2. The third-order valence-corrected chi connectivity index (χ3v) is 2.28. The van der Waals surface area contributed by atoms with E-state index in [1.807, 2.05) is 0 Å². The average molecular weight is 260 g/mol. The van der Waals surface area contributed by atoms with Crippen LogP contribution >= 0.6 is 11.6 Å². The van der Waals surface area contributed by atoms with Gasteiger partial charge in [0.1, 0.15) is 0 Å². The van der Waals surface area contributed by atoms with E-state index in [2.05, 4.69) is 5.32 Å². The molecule has 0 saturated heterocycles. The van der Waals surface area contributed by atoms with Gasteiger partial charge in [0.15, 0.2) is 12.2 Å². The molecule has 92 valence electrons. The van der Waals surface area contributed by atoms with Crippen molar-refractivity contribution in [1.82, 2.24) is 0 Å². The summed E-state index contributed by atoms with van der Waals surface area (Å²) >= 11 is 5.74. The molecule has 7 heteroatoms. The van der Waals surface area contributed by atoms with Crippen LogP contribution in [0.5, 0.6) is 0 Å². The molecule has 0 unspecified atom stereocenters. The summed E-state index contributed by atoms with van der Waals surface area (Å²) in [4.78, 5) is 21.7. The number of carboxylic acid groups (broad SMARTS) is 1. The summed E-state index contributed by atoms with van der Waals surface area (Å²) in [7, 11) is 0. The van der Waals surface area contributed by atoms with Crippen molar-refractivity contribution in [3.63, 3.8) is 0 Å². The lowest BCUT2D eigenvalue weighted by Crippen LogP contribution is -2.42. The molecular weight excluding hydrogens is 250 g/mol. The monoisotopic (exact) mass is 259 g/mol. The Labute approximate surface area is 101 Å². The van der Waals surface area contributed by atoms with Gasteiger partial charge in [-0.05, 0) is 12.1 Å². The van der Waals surface area contributed by atoms with E-state index in [-0.39, 0.29) is 10.7 Å². The van der Waals surface area contributed by atoms with Crippen LogP contribution < -0.4 is 5.32 Å². The molecule has 6 nitrogen and oxygen atoms in total. The lowest BCUT2D eigenvalue weighted by molar-refractivity contribution is -0.156. The van der Waals surface area contributed by atoms with E-state index in [1.165, 1.54) is 12.1 Å². The maximum absolute atomic E-state index is 11.4. The summed E-state index contributed by atoms with van der Waals surface area (Å²) in [6.07, 6.45) is -4.25. The summed E-state index contributed by atoms with van der Waals surface area (Å²) in [6, 6.07) is 6.22. The molecule has 4 N–H and O–H groups in total. The first kappa shape index (κ1) is 13.4. The predicted octanol–water partition coefficient (Wildman–Crippen LogP) is 0.0849. The molecule has 0 heterocycles. The van der Waals surface area contributed by atoms with E-state index in [4.69, 9.17) is 21.8 Å². The Kier molecular flexibility index (Phi) is 4.45. The Morgan fingerprint density at radius 2 is 1.76 bits per heavy atom. The van der Waals surface area contributed by atoms with Crippen LogP contribution in [0.1, 0.15) is 0 Å². The lowest BCUT2D eigenvalue weighted by atomic mass is 10.2. The molecule has 1 amide bonds. The number of aliphatic carboxylic acids is 1. The molecule has 0 aromatic heterocycles. The minimum atomic E-state index is -2.18. The largest absolute Gasteiger partial charge is 0.479 e. The Balaban J connectivity index is 2.73. The first-order valence-corrected chi connectivity index (χ1v) is 4.95. The molecule has 0 aliphatic rings. The molecule has 1 aromatic carbocycles. The van der Waals surface area contributed by atoms with Crippen LogP contribution in [-0.2, 0) is 9.59 Å². The molecule has 0 fully saturated rings. The first-order chi connectivity index (χ1) is 7.93. The van der Waals surface area contributed by atoms with Crippen molar-refractivity contribution in [3.8, 4) is 0 Å². The average Bonchev–Trinajstić information content (AvgIpc) is 2.30. The third kappa shape index (κ3) is 3.42. The number of para-hydroxylation sites is 1. The standard InChI is InChI=1S/C10H10ClNO5/c11-5-3-1-2-4-6(5)12-9(15)7(13)8(14)10(16)17/h1-4,7-8,13-14H,(H,12,15)(H,16,17)/t7-,8+/m0/s1. The minimum absolute atomic E-state index is 0.218. The topological polar surface area (TPSA) is 107 Å². The van der Waals surface area contributed by atoms with Crippen LogP contribution in [0.4, 0.5) is 5.69 Å². The second kappa shape index (κ2) is 5.62. The van der Waals surface area contributed by atoms with E-state index >= 15 is 0 Å². The zero-order chi connectivity index (χ0) is 13.0. The maximum Gasteiger partial charge on any atom is 0.335 e. The molecule has 17 heavy (non-hydrogen) atoms. The molecule has 0 spiro atoms. The Morgan fingerprint density at radius 1 is 1.18 bits per heavy atom. The van der Waals surface area contributed by atoms with E-state index < -0.39 is 24.1 Å². The highest BCUT2D eigenvalue weighted by molar-refractivity contribution is 6.33.